The Bertz CT molecular complexity index is 923. The summed E-state index contributed by atoms with van der Waals surface area (Å²) in [4.78, 5) is 18.4. The molecule has 0 spiro atoms. The lowest BCUT2D eigenvalue weighted by Gasteiger charge is -2.17. The summed E-state index contributed by atoms with van der Waals surface area (Å²) in [5.74, 6) is 0.383. The van der Waals surface area contributed by atoms with Gasteiger partial charge in [-0.15, -0.1) is 0 Å². The number of carbonyl (C=O) groups excluding carboxylic acids is 1. The second-order valence-corrected chi connectivity index (χ2v) is 6.00. The Morgan fingerprint density at radius 2 is 2.12 bits per heavy atom. The van der Waals surface area contributed by atoms with Crippen molar-refractivity contribution in [3.8, 4) is 16.9 Å². The smallest absolute Gasteiger partial charge is 0.254 e. The average molecular weight is 354 g/mol. The number of ether oxygens (including phenoxy) is 1. The van der Waals surface area contributed by atoms with Crippen LogP contribution in [0.1, 0.15) is 21.8 Å². The number of halogens is 1. The monoisotopic (exact) mass is 354 g/mol. The van der Waals surface area contributed by atoms with Crippen LogP contribution in [0.25, 0.3) is 11.1 Å². The van der Waals surface area contributed by atoms with Crippen LogP contribution < -0.4 is 4.74 Å². The maximum absolute atomic E-state index is 14.2. The maximum Gasteiger partial charge on any atom is 0.254 e. The minimum absolute atomic E-state index is 0.255. The van der Waals surface area contributed by atoms with Crippen molar-refractivity contribution in [1.29, 1.82) is 0 Å². The average Bonchev–Trinajstić information content (AvgIpc) is 3.13. The highest BCUT2D eigenvalue weighted by atomic mass is 19.1. The molecule has 0 unspecified atom stereocenters. The van der Waals surface area contributed by atoms with E-state index in [2.05, 4.69) is 4.98 Å². The van der Waals surface area contributed by atoms with Crippen LogP contribution in [0.2, 0.25) is 0 Å². The van der Waals surface area contributed by atoms with Crippen LogP contribution in [0.5, 0.6) is 5.75 Å². The second kappa shape index (κ2) is 7.39. The van der Waals surface area contributed by atoms with E-state index < -0.39 is 5.82 Å². The summed E-state index contributed by atoms with van der Waals surface area (Å²) in [6.45, 7) is 2.14. The fourth-order valence-electron chi connectivity index (χ4n) is 2.73. The largest absolute Gasteiger partial charge is 0.494 e. The molecule has 0 aliphatic rings. The number of hydrogen-bond donors (Lipinski definition) is 0. The van der Waals surface area contributed by atoms with Gasteiger partial charge in [0, 0.05) is 23.9 Å². The molecule has 0 fully saturated rings. The van der Waals surface area contributed by atoms with Crippen molar-refractivity contribution in [3.63, 3.8) is 0 Å². The molecular formula is C20H19FN2O3. The number of rotatable bonds is 5. The topological polar surface area (TPSA) is 55.6 Å². The lowest BCUT2D eigenvalue weighted by molar-refractivity contribution is 0.0775. The summed E-state index contributed by atoms with van der Waals surface area (Å²) in [6, 6.07) is 9.60. The summed E-state index contributed by atoms with van der Waals surface area (Å²) >= 11 is 0. The summed E-state index contributed by atoms with van der Waals surface area (Å²) in [5, 5.41) is 0. The molecule has 0 saturated heterocycles. The van der Waals surface area contributed by atoms with Gasteiger partial charge in [-0.25, -0.2) is 4.39 Å². The van der Waals surface area contributed by atoms with Crippen LogP contribution in [-0.2, 0) is 6.54 Å². The molecule has 1 amide bonds. The molecule has 0 N–H and O–H groups in total. The Balaban J connectivity index is 1.95. The fraction of sp³-hybridized carbons (Fsp3) is 0.200. The maximum atomic E-state index is 14.2. The molecule has 0 saturated carbocycles. The number of carbonyl (C=O) groups is 1. The molecule has 2 aromatic heterocycles. The van der Waals surface area contributed by atoms with Crippen molar-refractivity contribution in [2.45, 2.75) is 13.5 Å². The van der Waals surface area contributed by atoms with Gasteiger partial charge in [0.1, 0.15) is 17.3 Å². The number of aryl methyl sites for hydroxylation is 1. The molecule has 26 heavy (non-hydrogen) atoms. The van der Waals surface area contributed by atoms with Gasteiger partial charge in [-0.1, -0.05) is 0 Å². The van der Waals surface area contributed by atoms with Crippen LogP contribution in [0, 0.1) is 12.7 Å². The molecule has 0 atom stereocenters. The van der Waals surface area contributed by atoms with E-state index in [1.807, 2.05) is 6.92 Å². The van der Waals surface area contributed by atoms with Crippen LogP contribution in [-0.4, -0.2) is 29.9 Å². The first-order valence-electron chi connectivity index (χ1n) is 8.07. The fourth-order valence-corrected chi connectivity index (χ4v) is 2.73. The van der Waals surface area contributed by atoms with Gasteiger partial charge in [0.15, 0.2) is 0 Å². The Morgan fingerprint density at radius 1 is 1.31 bits per heavy atom. The van der Waals surface area contributed by atoms with Crippen molar-refractivity contribution in [3.05, 3.63) is 71.7 Å². The summed E-state index contributed by atoms with van der Waals surface area (Å²) in [6.07, 6.45) is 3.13. The first-order valence-corrected chi connectivity index (χ1v) is 8.07. The third-order valence-corrected chi connectivity index (χ3v) is 4.00. The third kappa shape index (κ3) is 3.74. The molecule has 2 heterocycles. The van der Waals surface area contributed by atoms with Gasteiger partial charge in [0.05, 0.1) is 26.1 Å². The van der Waals surface area contributed by atoms with E-state index in [1.54, 1.807) is 43.8 Å². The minimum Gasteiger partial charge on any atom is -0.494 e. The Hall–Kier alpha value is -3.15. The lowest BCUT2D eigenvalue weighted by Crippen LogP contribution is -2.26. The third-order valence-electron chi connectivity index (χ3n) is 4.00. The number of furan rings is 1. The second-order valence-electron chi connectivity index (χ2n) is 6.00. The van der Waals surface area contributed by atoms with Crippen molar-refractivity contribution in [2.75, 3.05) is 14.2 Å². The van der Waals surface area contributed by atoms with E-state index in [4.69, 9.17) is 9.15 Å². The zero-order valence-electron chi connectivity index (χ0n) is 14.8. The number of amides is 1. The molecule has 5 nitrogen and oxygen atoms in total. The molecule has 0 radical (unpaired) electrons. The van der Waals surface area contributed by atoms with E-state index in [0.717, 1.165) is 5.69 Å². The van der Waals surface area contributed by atoms with Gasteiger partial charge in [0.25, 0.3) is 5.91 Å². The number of benzene rings is 1. The van der Waals surface area contributed by atoms with Crippen LogP contribution in [0.4, 0.5) is 4.39 Å². The van der Waals surface area contributed by atoms with Gasteiger partial charge in [-0.2, -0.15) is 0 Å². The van der Waals surface area contributed by atoms with Crippen LogP contribution in [0.3, 0.4) is 0 Å². The molecule has 0 aliphatic heterocycles. The van der Waals surface area contributed by atoms with E-state index in [1.165, 1.54) is 24.1 Å². The highest BCUT2D eigenvalue weighted by Gasteiger charge is 2.17. The van der Waals surface area contributed by atoms with Gasteiger partial charge < -0.3 is 14.1 Å². The molecular weight excluding hydrogens is 335 g/mol. The van der Waals surface area contributed by atoms with E-state index in [9.17, 15) is 9.18 Å². The van der Waals surface area contributed by atoms with E-state index >= 15 is 0 Å². The number of nitrogens with zero attached hydrogens (tertiary/aromatic N) is 2. The normalized spacial score (nSPS) is 10.6. The molecule has 0 bridgehead atoms. The zero-order valence-corrected chi connectivity index (χ0v) is 14.8. The van der Waals surface area contributed by atoms with Crippen molar-refractivity contribution < 1.29 is 18.3 Å². The Morgan fingerprint density at radius 3 is 2.81 bits per heavy atom. The van der Waals surface area contributed by atoms with Crippen molar-refractivity contribution in [2.24, 2.45) is 0 Å². The van der Waals surface area contributed by atoms with Crippen LogP contribution in [0.15, 0.2) is 53.3 Å². The molecule has 3 rings (SSSR count). The van der Waals surface area contributed by atoms with Gasteiger partial charge in [-0.05, 0) is 48.9 Å². The molecule has 0 aliphatic carbocycles. The Labute approximate surface area is 151 Å². The highest BCUT2D eigenvalue weighted by molar-refractivity contribution is 5.95. The van der Waals surface area contributed by atoms with Gasteiger partial charge >= 0.3 is 0 Å². The zero-order chi connectivity index (χ0) is 18.7. The standard InChI is InChI=1S/C20H19FN2O3/c1-13-7-18(19(25-3)11-22-13)14-8-15(10-16(21)9-14)20(24)23(2)12-17-5-4-6-26-17/h4-11H,12H2,1-3H3. The van der Waals surface area contributed by atoms with Gasteiger partial charge in [-0.3, -0.25) is 9.78 Å². The van der Waals surface area contributed by atoms with E-state index in [-0.39, 0.29) is 11.5 Å². The molecule has 3 aromatic rings. The first kappa shape index (κ1) is 17.7. The summed E-state index contributed by atoms with van der Waals surface area (Å²) < 4.78 is 24.8. The molecule has 134 valence electrons. The number of hydrogen-bond acceptors (Lipinski definition) is 4. The molecule has 1 aromatic carbocycles. The van der Waals surface area contributed by atoms with Crippen LogP contribution >= 0.6 is 0 Å². The summed E-state index contributed by atoms with van der Waals surface area (Å²) in [7, 11) is 3.17. The van der Waals surface area contributed by atoms with Crippen molar-refractivity contribution in [1.82, 2.24) is 9.88 Å². The minimum atomic E-state index is -0.492. The number of methoxy groups -OCH3 is 1. The SMILES string of the molecule is COc1cnc(C)cc1-c1cc(F)cc(C(=O)N(C)Cc2ccco2)c1. The summed E-state index contributed by atoms with van der Waals surface area (Å²) in [5.41, 5.74) is 2.27. The number of pyridine rings is 1. The number of aromatic nitrogens is 1. The van der Waals surface area contributed by atoms with E-state index in [0.29, 0.717) is 29.2 Å². The first-order chi connectivity index (χ1) is 12.5. The quantitative estimate of drug-likeness (QED) is 0.693. The predicted molar refractivity (Wildman–Crippen MR) is 95.4 cm³/mol. The molecule has 6 heteroatoms. The predicted octanol–water partition coefficient (Wildman–Crippen LogP) is 4.07. The lowest BCUT2D eigenvalue weighted by atomic mass is 10.0. The van der Waals surface area contributed by atoms with Gasteiger partial charge in [0.2, 0.25) is 0 Å². The Kier molecular flexibility index (Phi) is 5.02. The highest BCUT2D eigenvalue weighted by Crippen LogP contribution is 2.31. The van der Waals surface area contributed by atoms with Crippen molar-refractivity contribution >= 4 is 5.91 Å².